The van der Waals surface area contributed by atoms with Gasteiger partial charge in [0.05, 0.1) is 6.10 Å². The molecule has 2 aromatic rings. The summed E-state index contributed by atoms with van der Waals surface area (Å²) in [5.74, 6) is 0.497. The quantitative estimate of drug-likeness (QED) is 0.923. The largest absolute Gasteiger partial charge is 0.373 e. The highest BCUT2D eigenvalue weighted by Crippen LogP contribution is 2.33. The van der Waals surface area contributed by atoms with Gasteiger partial charge < -0.3 is 14.6 Å². The van der Waals surface area contributed by atoms with E-state index in [1.807, 2.05) is 23.7 Å². The smallest absolute Gasteiger partial charge is 0.120 e. The first kappa shape index (κ1) is 15.8. The van der Waals surface area contributed by atoms with Gasteiger partial charge >= 0.3 is 0 Å². The third-order valence-corrected chi connectivity index (χ3v) is 4.82. The third-order valence-electron chi connectivity index (χ3n) is 4.82. The number of benzene rings is 1. The van der Waals surface area contributed by atoms with Crippen molar-refractivity contribution in [1.82, 2.24) is 9.88 Å². The van der Waals surface area contributed by atoms with Crippen LogP contribution >= 0.6 is 0 Å². The van der Waals surface area contributed by atoms with E-state index in [-0.39, 0.29) is 6.10 Å². The molecule has 0 bridgehead atoms. The van der Waals surface area contributed by atoms with Crippen LogP contribution in [0.1, 0.15) is 35.0 Å². The summed E-state index contributed by atoms with van der Waals surface area (Å²) in [5.41, 5.74) is 4.32. The summed E-state index contributed by atoms with van der Waals surface area (Å²) in [5, 5.41) is 12.7. The predicted octanol–water partition coefficient (Wildman–Crippen LogP) is 3.07. The minimum absolute atomic E-state index is 0.190. The standard InChI is InChI=1S/C19H23N3O/c1-14-17(10-18(11-20)22(14)2)13-21-12-16-8-9-23-19(16)15-6-4-3-5-7-15/h3-7,10,16,19,21H,8-9,12-13H2,1-2H3/t16-,19-/m1/s1. The van der Waals surface area contributed by atoms with Crippen LogP contribution in [-0.2, 0) is 18.3 Å². The predicted molar refractivity (Wildman–Crippen MR) is 89.8 cm³/mol. The van der Waals surface area contributed by atoms with Gasteiger partial charge in [-0.25, -0.2) is 0 Å². The zero-order valence-corrected chi connectivity index (χ0v) is 13.7. The Labute approximate surface area is 137 Å². The molecular formula is C19H23N3O. The Hall–Kier alpha value is -2.09. The second-order valence-corrected chi connectivity index (χ2v) is 6.19. The van der Waals surface area contributed by atoms with Crippen LogP contribution in [0.3, 0.4) is 0 Å². The minimum atomic E-state index is 0.190. The highest BCUT2D eigenvalue weighted by atomic mass is 16.5. The first-order chi connectivity index (χ1) is 11.2. The van der Waals surface area contributed by atoms with Crippen LogP contribution < -0.4 is 5.32 Å². The Bertz CT molecular complexity index is 699. The van der Waals surface area contributed by atoms with E-state index in [1.54, 1.807) is 0 Å². The van der Waals surface area contributed by atoms with Crippen LogP contribution in [0.5, 0.6) is 0 Å². The van der Waals surface area contributed by atoms with Crippen molar-refractivity contribution < 1.29 is 4.74 Å². The maximum atomic E-state index is 9.11. The van der Waals surface area contributed by atoms with Crippen molar-refractivity contribution in [3.8, 4) is 6.07 Å². The van der Waals surface area contributed by atoms with Crippen molar-refractivity contribution in [3.05, 3.63) is 58.9 Å². The van der Waals surface area contributed by atoms with Crippen molar-refractivity contribution in [1.29, 1.82) is 5.26 Å². The summed E-state index contributed by atoms with van der Waals surface area (Å²) in [6.07, 6.45) is 1.28. The summed E-state index contributed by atoms with van der Waals surface area (Å²) in [6, 6.07) is 14.7. The van der Waals surface area contributed by atoms with Gasteiger partial charge in [0.1, 0.15) is 11.8 Å². The number of hydrogen-bond acceptors (Lipinski definition) is 3. The van der Waals surface area contributed by atoms with Crippen LogP contribution in [-0.4, -0.2) is 17.7 Å². The molecule has 1 saturated heterocycles. The Morgan fingerprint density at radius 2 is 2.13 bits per heavy atom. The fourth-order valence-corrected chi connectivity index (χ4v) is 3.29. The Morgan fingerprint density at radius 1 is 1.35 bits per heavy atom. The van der Waals surface area contributed by atoms with Crippen molar-refractivity contribution >= 4 is 0 Å². The molecule has 0 radical (unpaired) electrons. The molecule has 1 aromatic heterocycles. The first-order valence-electron chi connectivity index (χ1n) is 8.13. The van der Waals surface area contributed by atoms with Crippen LogP contribution in [0.25, 0.3) is 0 Å². The number of ether oxygens (including phenoxy) is 1. The van der Waals surface area contributed by atoms with Gasteiger partial charge in [0.2, 0.25) is 0 Å². The van der Waals surface area contributed by atoms with Crippen molar-refractivity contribution in [2.75, 3.05) is 13.2 Å². The van der Waals surface area contributed by atoms with E-state index >= 15 is 0 Å². The molecule has 0 aliphatic carbocycles. The molecular weight excluding hydrogens is 286 g/mol. The van der Waals surface area contributed by atoms with Gasteiger partial charge in [-0.1, -0.05) is 30.3 Å². The SMILES string of the molecule is Cc1c(CNC[C@H]2CCO[C@@H]2c2ccccc2)cc(C#N)n1C. The van der Waals surface area contributed by atoms with Crippen molar-refractivity contribution in [3.63, 3.8) is 0 Å². The van der Waals surface area contributed by atoms with Crippen molar-refractivity contribution in [2.24, 2.45) is 13.0 Å². The van der Waals surface area contributed by atoms with Gasteiger partial charge in [0.15, 0.2) is 0 Å². The molecule has 2 heterocycles. The van der Waals surface area contributed by atoms with E-state index in [9.17, 15) is 0 Å². The normalized spacial score (nSPS) is 20.6. The lowest BCUT2D eigenvalue weighted by Gasteiger charge is -2.19. The molecule has 1 aliphatic heterocycles. The number of hydrogen-bond donors (Lipinski definition) is 1. The van der Waals surface area contributed by atoms with Crippen LogP contribution in [0.15, 0.2) is 36.4 Å². The number of rotatable bonds is 5. The molecule has 2 atom stereocenters. The maximum Gasteiger partial charge on any atom is 0.120 e. The zero-order valence-electron chi connectivity index (χ0n) is 13.7. The number of nitrogens with one attached hydrogen (secondary N) is 1. The molecule has 1 aliphatic rings. The number of aromatic nitrogens is 1. The molecule has 0 spiro atoms. The molecule has 4 nitrogen and oxygen atoms in total. The first-order valence-corrected chi connectivity index (χ1v) is 8.13. The molecule has 1 N–H and O–H groups in total. The highest BCUT2D eigenvalue weighted by molar-refractivity contribution is 5.34. The number of nitrogens with zero attached hydrogens (tertiary/aromatic N) is 2. The fourth-order valence-electron chi connectivity index (χ4n) is 3.29. The van der Waals surface area contributed by atoms with Gasteiger partial charge in [-0.05, 0) is 30.5 Å². The summed E-state index contributed by atoms with van der Waals surface area (Å²) in [7, 11) is 1.94. The minimum Gasteiger partial charge on any atom is -0.373 e. The Balaban J connectivity index is 1.59. The summed E-state index contributed by atoms with van der Waals surface area (Å²) in [6.45, 7) is 4.60. The molecule has 0 saturated carbocycles. The zero-order chi connectivity index (χ0) is 16.2. The molecule has 0 unspecified atom stereocenters. The lowest BCUT2D eigenvalue weighted by molar-refractivity contribution is 0.0904. The fraction of sp³-hybridized carbons (Fsp3) is 0.421. The molecule has 3 rings (SSSR count). The summed E-state index contributed by atoms with van der Waals surface area (Å²) >= 11 is 0. The van der Waals surface area contributed by atoms with E-state index in [0.717, 1.165) is 31.8 Å². The van der Waals surface area contributed by atoms with Crippen LogP contribution in [0.4, 0.5) is 0 Å². The van der Waals surface area contributed by atoms with Gasteiger partial charge in [0.25, 0.3) is 0 Å². The molecule has 23 heavy (non-hydrogen) atoms. The number of nitriles is 1. The average Bonchev–Trinajstić information content (AvgIpc) is 3.15. The molecule has 1 fully saturated rings. The Kier molecular flexibility index (Phi) is 4.80. The summed E-state index contributed by atoms with van der Waals surface area (Å²) < 4.78 is 7.88. The lowest BCUT2D eigenvalue weighted by atomic mass is 9.95. The van der Waals surface area contributed by atoms with Crippen LogP contribution in [0.2, 0.25) is 0 Å². The van der Waals surface area contributed by atoms with E-state index in [2.05, 4.69) is 42.6 Å². The van der Waals surface area contributed by atoms with Crippen LogP contribution in [0, 0.1) is 24.2 Å². The highest BCUT2D eigenvalue weighted by Gasteiger charge is 2.29. The Morgan fingerprint density at radius 3 is 2.83 bits per heavy atom. The second kappa shape index (κ2) is 6.99. The molecule has 120 valence electrons. The van der Waals surface area contributed by atoms with Gasteiger partial charge in [0, 0.05) is 38.4 Å². The average molecular weight is 309 g/mol. The monoisotopic (exact) mass is 309 g/mol. The molecule has 0 amide bonds. The van der Waals surface area contributed by atoms with E-state index in [1.165, 1.54) is 11.1 Å². The van der Waals surface area contributed by atoms with Gasteiger partial charge in [-0.15, -0.1) is 0 Å². The lowest BCUT2D eigenvalue weighted by Crippen LogP contribution is -2.24. The topological polar surface area (TPSA) is 50.0 Å². The van der Waals surface area contributed by atoms with Gasteiger partial charge in [-0.2, -0.15) is 5.26 Å². The third kappa shape index (κ3) is 3.31. The van der Waals surface area contributed by atoms with E-state index in [0.29, 0.717) is 11.6 Å². The molecule has 1 aromatic carbocycles. The summed E-state index contributed by atoms with van der Waals surface area (Å²) in [4.78, 5) is 0. The van der Waals surface area contributed by atoms with Crippen molar-refractivity contribution in [2.45, 2.75) is 26.0 Å². The van der Waals surface area contributed by atoms with E-state index < -0.39 is 0 Å². The molecule has 4 heteroatoms. The van der Waals surface area contributed by atoms with Gasteiger partial charge in [-0.3, -0.25) is 0 Å². The second-order valence-electron chi connectivity index (χ2n) is 6.19. The van der Waals surface area contributed by atoms with E-state index in [4.69, 9.17) is 10.00 Å². The maximum absolute atomic E-state index is 9.11.